The van der Waals surface area contributed by atoms with Crippen LogP contribution >= 0.6 is 0 Å². The van der Waals surface area contributed by atoms with Crippen molar-refractivity contribution < 1.29 is 8.78 Å². The van der Waals surface area contributed by atoms with Gasteiger partial charge in [0.2, 0.25) is 0 Å². The van der Waals surface area contributed by atoms with Gasteiger partial charge in [-0.1, -0.05) is 6.07 Å². The fourth-order valence-corrected chi connectivity index (χ4v) is 1.98. The van der Waals surface area contributed by atoms with Crippen LogP contribution in [0.5, 0.6) is 0 Å². The molecular weight excluding hydrogens is 236 g/mol. The van der Waals surface area contributed by atoms with Crippen LogP contribution in [0.4, 0.5) is 8.78 Å². The highest BCUT2D eigenvalue weighted by atomic mass is 19.2. The zero-order valence-electron chi connectivity index (χ0n) is 10.3. The molecule has 0 fully saturated rings. The molecule has 0 aliphatic carbocycles. The Bertz CT molecular complexity index is 537. The number of aryl methyl sites for hydroxylation is 1. The minimum Gasteiger partial charge on any atom is -0.311 e. The highest BCUT2D eigenvalue weighted by Crippen LogP contribution is 2.18. The minimum atomic E-state index is -0.819. The average Bonchev–Trinajstić information content (AvgIpc) is 2.77. The average molecular weight is 251 g/mol. The maximum absolute atomic E-state index is 13.1. The summed E-state index contributed by atoms with van der Waals surface area (Å²) in [5.41, 5.74) is 1.75. The van der Waals surface area contributed by atoms with Gasteiger partial charge in [-0.05, 0) is 37.2 Å². The first-order valence-corrected chi connectivity index (χ1v) is 5.71. The molecule has 0 radical (unpaired) electrons. The van der Waals surface area contributed by atoms with Crippen LogP contribution in [-0.4, -0.2) is 16.8 Å². The van der Waals surface area contributed by atoms with Gasteiger partial charge in [0, 0.05) is 13.2 Å². The quantitative estimate of drug-likeness (QED) is 0.902. The SMILES string of the molecule is CNC(Cc1ccc(F)c(F)c1)c1ccnn1C. The number of nitrogens with zero attached hydrogens (tertiary/aromatic N) is 2. The predicted molar refractivity (Wildman–Crippen MR) is 65.1 cm³/mol. The third-order valence-corrected chi connectivity index (χ3v) is 2.99. The highest BCUT2D eigenvalue weighted by molar-refractivity contribution is 5.21. The Kier molecular flexibility index (Phi) is 3.72. The van der Waals surface area contributed by atoms with Gasteiger partial charge in [0.15, 0.2) is 11.6 Å². The first-order chi connectivity index (χ1) is 8.61. The van der Waals surface area contributed by atoms with E-state index in [1.807, 2.05) is 20.2 Å². The van der Waals surface area contributed by atoms with Crippen LogP contribution in [0, 0.1) is 11.6 Å². The van der Waals surface area contributed by atoms with Gasteiger partial charge in [-0.25, -0.2) is 8.78 Å². The fraction of sp³-hybridized carbons (Fsp3) is 0.308. The first kappa shape index (κ1) is 12.7. The molecule has 1 aromatic heterocycles. The molecule has 1 unspecified atom stereocenters. The van der Waals surface area contributed by atoms with Crippen LogP contribution < -0.4 is 5.32 Å². The largest absolute Gasteiger partial charge is 0.311 e. The number of hydrogen-bond acceptors (Lipinski definition) is 2. The van der Waals surface area contributed by atoms with E-state index in [9.17, 15) is 8.78 Å². The molecule has 0 aliphatic heterocycles. The highest BCUT2D eigenvalue weighted by Gasteiger charge is 2.14. The summed E-state index contributed by atoms with van der Waals surface area (Å²) in [6, 6.07) is 5.90. The smallest absolute Gasteiger partial charge is 0.159 e. The molecule has 1 N–H and O–H groups in total. The van der Waals surface area contributed by atoms with Gasteiger partial charge in [0.05, 0.1) is 11.7 Å². The second-order valence-corrected chi connectivity index (χ2v) is 4.17. The Morgan fingerprint density at radius 3 is 2.61 bits per heavy atom. The molecule has 0 bridgehead atoms. The molecule has 0 saturated heterocycles. The van der Waals surface area contributed by atoms with E-state index in [-0.39, 0.29) is 6.04 Å². The molecule has 0 spiro atoms. The van der Waals surface area contributed by atoms with Crippen molar-refractivity contribution in [3.63, 3.8) is 0 Å². The molecule has 3 nitrogen and oxygen atoms in total. The summed E-state index contributed by atoms with van der Waals surface area (Å²) in [5, 5.41) is 7.25. The Morgan fingerprint density at radius 1 is 1.28 bits per heavy atom. The van der Waals surface area contributed by atoms with Crippen LogP contribution in [0.3, 0.4) is 0 Å². The van der Waals surface area contributed by atoms with E-state index in [1.165, 1.54) is 6.07 Å². The van der Waals surface area contributed by atoms with E-state index in [1.54, 1.807) is 16.9 Å². The van der Waals surface area contributed by atoms with Gasteiger partial charge in [-0.15, -0.1) is 0 Å². The van der Waals surface area contributed by atoms with Crippen molar-refractivity contribution in [1.82, 2.24) is 15.1 Å². The third-order valence-electron chi connectivity index (χ3n) is 2.99. The number of aromatic nitrogens is 2. The second kappa shape index (κ2) is 5.27. The second-order valence-electron chi connectivity index (χ2n) is 4.17. The Balaban J connectivity index is 2.20. The Hall–Kier alpha value is -1.75. The Labute approximate surface area is 104 Å². The molecule has 5 heteroatoms. The van der Waals surface area contributed by atoms with Crippen molar-refractivity contribution in [3.05, 3.63) is 53.4 Å². The zero-order chi connectivity index (χ0) is 13.1. The monoisotopic (exact) mass is 251 g/mol. The third kappa shape index (κ3) is 2.56. The fourth-order valence-electron chi connectivity index (χ4n) is 1.98. The molecule has 96 valence electrons. The summed E-state index contributed by atoms with van der Waals surface area (Å²) in [6.45, 7) is 0. The molecule has 18 heavy (non-hydrogen) atoms. The molecule has 2 aromatic rings. The van der Waals surface area contributed by atoms with Gasteiger partial charge in [0.25, 0.3) is 0 Å². The lowest BCUT2D eigenvalue weighted by atomic mass is 10.0. The number of rotatable bonds is 4. The zero-order valence-corrected chi connectivity index (χ0v) is 10.3. The molecule has 1 heterocycles. The van der Waals surface area contributed by atoms with Crippen molar-refractivity contribution in [2.24, 2.45) is 7.05 Å². The number of halogens is 2. The lowest BCUT2D eigenvalue weighted by Crippen LogP contribution is -2.21. The summed E-state index contributed by atoms with van der Waals surface area (Å²) >= 11 is 0. The number of likely N-dealkylation sites (N-methyl/N-ethyl adjacent to an activating group) is 1. The molecule has 1 atom stereocenters. The van der Waals surface area contributed by atoms with Gasteiger partial charge in [0.1, 0.15) is 0 Å². The van der Waals surface area contributed by atoms with Gasteiger partial charge in [-0.3, -0.25) is 4.68 Å². The standard InChI is InChI=1S/C13H15F2N3/c1-16-12(13-5-6-17-18(13)2)8-9-3-4-10(14)11(15)7-9/h3-7,12,16H,8H2,1-2H3. The normalized spacial score (nSPS) is 12.7. The van der Waals surface area contributed by atoms with E-state index in [4.69, 9.17) is 0 Å². The van der Waals surface area contributed by atoms with Crippen molar-refractivity contribution in [2.45, 2.75) is 12.5 Å². The van der Waals surface area contributed by atoms with Gasteiger partial charge in [-0.2, -0.15) is 5.10 Å². The predicted octanol–water partition coefficient (Wildman–Crippen LogP) is 2.20. The molecule has 1 aromatic carbocycles. The molecular formula is C13H15F2N3. The van der Waals surface area contributed by atoms with Crippen LogP contribution in [-0.2, 0) is 13.5 Å². The van der Waals surface area contributed by atoms with Crippen LogP contribution in [0.1, 0.15) is 17.3 Å². The minimum absolute atomic E-state index is 0.0161. The van der Waals surface area contributed by atoms with Crippen molar-refractivity contribution in [2.75, 3.05) is 7.05 Å². The Morgan fingerprint density at radius 2 is 2.06 bits per heavy atom. The van der Waals surface area contributed by atoms with Crippen LogP contribution in [0.2, 0.25) is 0 Å². The van der Waals surface area contributed by atoms with Crippen LogP contribution in [0.15, 0.2) is 30.5 Å². The summed E-state index contributed by atoms with van der Waals surface area (Å²) in [6.07, 6.45) is 2.29. The molecule has 0 saturated carbocycles. The van der Waals surface area contributed by atoms with Gasteiger partial charge >= 0.3 is 0 Å². The van der Waals surface area contributed by atoms with Gasteiger partial charge < -0.3 is 5.32 Å². The van der Waals surface area contributed by atoms with E-state index in [2.05, 4.69) is 10.4 Å². The molecule has 2 rings (SSSR count). The van der Waals surface area contributed by atoms with Crippen LogP contribution in [0.25, 0.3) is 0 Å². The maximum Gasteiger partial charge on any atom is 0.159 e. The number of benzene rings is 1. The number of nitrogens with one attached hydrogen (secondary N) is 1. The van der Waals surface area contributed by atoms with Crippen molar-refractivity contribution in [1.29, 1.82) is 0 Å². The summed E-state index contributed by atoms with van der Waals surface area (Å²) in [4.78, 5) is 0. The summed E-state index contributed by atoms with van der Waals surface area (Å²) in [5.74, 6) is -1.63. The van der Waals surface area contributed by atoms with E-state index in [0.717, 1.165) is 17.3 Å². The van der Waals surface area contributed by atoms with Crippen molar-refractivity contribution in [3.8, 4) is 0 Å². The summed E-state index contributed by atoms with van der Waals surface area (Å²) in [7, 11) is 3.68. The summed E-state index contributed by atoms with van der Waals surface area (Å²) < 4.78 is 27.8. The maximum atomic E-state index is 13.1. The first-order valence-electron chi connectivity index (χ1n) is 5.71. The van der Waals surface area contributed by atoms with E-state index in [0.29, 0.717) is 6.42 Å². The van der Waals surface area contributed by atoms with E-state index < -0.39 is 11.6 Å². The number of hydrogen-bond donors (Lipinski definition) is 1. The van der Waals surface area contributed by atoms with Crippen molar-refractivity contribution >= 4 is 0 Å². The lowest BCUT2D eigenvalue weighted by Gasteiger charge is -2.16. The van der Waals surface area contributed by atoms with E-state index >= 15 is 0 Å². The molecule has 0 amide bonds. The lowest BCUT2D eigenvalue weighted by molar-refractivity contribution is 0.501. The topological polar surface area (TPSA) is 29.9 Å². The molecule has 0 aliphatic rings.